The number of hydrogen-bond acceptors (Lipinski definition) is 3. The highest BCUT2D eigenvalue weighted by Crippen LogP contribution is 2.19. The number of nitrogens with one attached hydrogen (secondary N) is 1. The minimum absolute atomic E-state index is 0.571. The van der Waals surface area contributed by atoms with Gasteiger partial charge in [-0.15, -0.1) is 0 Å². The van der Waals surface area contributed by atoms with E-state index in [4.69, 9.17) is 4.74 Å². The Kier molecular flexibility index (Phi) is 4.02. The van der Waals surface area contributed by atoms with Crippen molar-refractivity contribution in [3.05, 3.63) is 29.3 Å². The van der Waals surface area contributed by atoms with E-state index in [1.165, 1.54) is 11.1 Å². The van der Waals surface area contributed by atoms with Crippen LogP contribution in [0.4, 0.5) is 0 Å². The van der Waals surface area contributed by atoms with Gasteiger partial charge in [0.15, 0.2) is 0 Å². The third-order valence-corrected chi connectivity index (χ3v) is 3.40. The molecule has 1 heterocycles. The van der Waals surface area contributed by atoms with Crippen LogP contribution in [-0.4, -0.2) is 44.7 Å². The highest BCUT2D eigenvalue weighted by Gasteiger charge is 2.16. The fraction of sp³-hybridized carbons (Fsp3) is 0.571. The lowest BCUT2D eigenvalue weighted by Crippen LogP contribution is -2.49. The van der Waals surface area contributed by atoms with Gasteiger partial charge in [-0.1, -0.05) is 12.1 Å². The van der Waals surface area contributed by atoms with Gasteiger partial charge in [-0.05, 0) is 37.6 Å². The minimum Gasteiger partial charge on any atom is -0.496 e. The topological polar surface area (TPSA) is 24.5 Å². The molecular formula is C14H22N2O. The lowest BCUT2D eigenvalue weighted by Gasteiger charge is -2.31. The molecule has 0 amide bonds. The number of aryl methyl sites for hydroxylation is 1. The molecule has 0 radical (unpaired) electrons. The molecule has 17 heavy (non-hydrogen) atoms. The van der Waals surface area contributed by atoms with Crippen LogP contribution in [-0.2, 0) is 6.42 Å². The van der Waals surface area contributed by atoms with Gasteiger partial charge in [-0.3, -0.25) is 0 Å². The van der Waals surface area contributed by atoms with Crippen molar-refractivity contribution >= 4 is 0 Å². The molecular weight excluding hydrogens is 212 g/mol. The van der Waals surface area contributed by atoms with Gasteiger partial charge in [0.25, 0.3) is 0 Å². The van der Waals surface area contributed by atoms with Crippen LogP contribution >= 0.6 is 0 Å². The number of methoxy groups -OCH3 is 1. The lowest BCUT2D eigenvalue weighted by molar-refractivity contribution is 0.238. The van der Waals surface area contributed by atoms with E-state index >= 15 is 0 Å². The molecule has 0 saturated carbocycles. The largest absolute Gasteiger partial charge is 0.496 e. The Balaban J connectivity index is 2.00. The molecule has 0 bridgehead atoms. The molecule has 1 fully saturated rings. The quantitative estimate of drug-likeness (QED) is 0.856. The number of piperazine rings is 1. The number of nitrogens with zero attached hydrogens (tertiary/aromatic N) is 1. The van der Waals surface area contributed by atoms with E-state index in [0.717, 1.165) is 31.8 Å². The Bertz CT molecular complexity index is 378. The van der Waals surface area contributed by atoms with E-state index in [0.29, 0.717) is 6.04 Å². The van der Waals surface area contributed by atoms with Crippen LogP contribution in [0.2, 0.25) is 0 Å². The predicted molar refractivity (Wildman–Crippen MR) is 70.7 cm³/mol. The molecule has 3 nitrogen and oxygen atoms in total. The molecule has 1 unspecified atom stereocenters. The van der Waals surface area contributed by atoms with Gasteiger partial charge in [0.05, 0.1) is 7.11 Å². The molecule has 1 aromatic carbocycles. The summed E-state index contributed by atoms with van der Waals surface area (Å²) in [4.78, 5) is 2.39. The van der Waals surface area contributed by atoms with Crippen LogP contribution in [0.3, 0.4) is 0 Å². The molecule has 2 rings (SSSR count). The highest BCUT2D eigenvalue weighted by molar-refractivity contribution is 5.36. The third kappa shape index (κ3) is 3.20. The van der Waals surface area contributed by atoms with Crippen molar-refractivity contribution in [1.82, 2.24) is 10.2 Å². The first-order valence-corrected chi connectivity index (χ1v) is 6.24. The normalized spacial score (nSPS) is 21.5. The predicted octanol–water partition coefficient (Wildman–Crippen LogP) is 1.45. The fourth-order valence-corrected chi connectivity index (χ4v) is 2.48. The molecule has 0 aliphatic carbocycles. The standard InChI is InChI=1S/C14H22N2O/c1-11-8-12(4-5-14(11)17-3)9-13-10-16(2)7-6-15-13/h4-5,8,13,15H,6-7,9-10H2,1-3H3. The Hall–Kier alpha value is -1.06. The molecule has 94 valence electrons. The SMILES string of the molecule is COc1ccc(CC2CN(C)CCN2)cc1C. The van der Waals surface area contributed by atoms with Crippen molar-refractivity contribution in [2.45, 2.75) is 19.4 Å². The van der Waals surface area contributed by atoms with Crippen LogP contribution < -0.4 is 10.1 Å². The first-order valence-electron chi connectivity index (χ1n) is 6.24. The molecule has 3 heteroatoms. The lowest BCUT2D eigenvalue weighted by atomic mass is 10.0. The van der Waals surface area contributed by atoms with E-state index in [-0.39, 0.29) is 0 Å². The zero-order valence-electron chi connectivity index (χ0n) is 11.0. The summed E-state index contributed by atoms with van der Waals surface area (Å²) in [5, 5.41) is 3.57. The van der Waals surface area contributed by atoms with Gasteiger partial charge in [-0.25, -0.2) is 0 Å². The van der Waals surface area contributed by atoms with Crippen molar-refractivity contribution < 1.29 is 4.74 Å². The van der Waals surface area contributed by atoms with Crippen molar-refractivity contribution in [2.24, 2.45) is 0 Å². The zero-order valence-corrected chi connectivity index (χ0v) is 11.0. The number of ether oxygens (including phenoxy) is 1. The maximum Gasteiger partial charge on any atom is 0.121 e. The van der Waals surface area contributed by atoms with E-state index in [9.17, 15) is 0 Å². The second-order valence-corrected chi connectivity index (χ2v) is 4.92. The van der Waals surface area contributed by atoms with E-state index < -0.39 is 0 Å². The van der Waals surface area contributed by atoms with Crippen LogP contribution in [0.5, 0.6) is 5.75 Å². The van der Waals surface area contributed by atoms with Gasteiger partial charge >= 0.3 is 0 Å². The fourth-order valence-electron chi connectivity index (χ4n) is 2.48. The number of hydrogen-bond donors (Lipinski definition) is 1. The van der Waals surface area contributed by atoms with Crippen molar-refractivity contribution in [3.63, 3.8) is 0 Å². The van der Waals surface area contributed by atoms with Crippen LogP contribution in [0.25, 0.3) is 0 Å². The van der Waals surface area contributed by atoms with Crippen LogP contribution in [0.15, 0.2) is 18.2 Å². The molecule has 1 aliphatic rings. The van der Waals surface area contributed by atoms with Gasteiger partial charge in [0, 0.05) is 25.7 Å². The van der Waals surface area contributed by atoms with E-state index in [2.05, 4.69) is 42.4 Å². The Morgan fingerprint density at radius 1 is 1.47 bits per heavy atom. The average Bonchev–Trinajstić information content (AvgIpc) is 2.29. The summed E-state index contributed by atoms with van der Waals surface area (Å²) in [6.07, 6.45) is 1.09. The van der Waals surface area contributed by atoms with E-state index in [1.807, 2.05) is 0 Å². The van der Waals surface area contributed by atoms with Gasteiger partial charge in [-0.2, -0.15) is 0 Å². The van der Waals surface area contributed by atoms with Crippen LogP contribution in [0, 0.1) is 6.92 Å². The summed E-state index contributed by atoms with van der Waals surface area (Å²) in [5.74, 6) is 0.975. The van der Waals surface area contributed by atoms with Gasteiger partial charge in [0.1, 0.15) is 5.75 Å². The van der Waals surface area contributed by atoms with Gasteiger partial charge < -0.3 is 15.0 Å². The second-order valence-electron chi connectivity index (χ2n) is 4.92. The summed E-state index contributed by atoms with van der Waals surface area (Å²) >= 11 is 0. The summed E-state index contributed by atoms with van der Waals surface area (Å²) in [6.45, 7) is 5.47. The van der Waals surface area contributed by atoms with Gasteiger partial charge in [0.2, 0.25) is 0 Å². The number of benzene rings is 1. The van der Waals surface area contributed by atoms with Crippen LogP contribution in [0.1, 0.15) is 11.1 Å². The van der Waals surface area contributed by atoms with Crippen molar-refractivity contribution in [1.29, 1.82) is 0 Å². The molecule has 0 aromatic heterocycles. The third-order valence-electron chi connectivity index (χ3n) is 3.40. The van der Waals surface area contributed by atoms with E-state index in [1.54, 1.807) is 7.11 Å². The first-order chi connectivity index (χ1) is 8.19. The van der Waals surface area contributed by atoms with Crippen molar-refractivity contribution in [2.75, 3.05) is 33.8 Å². The summed E-state index contributed by atoms with van der Waals surface area (Å²) in [5.41, 5.74) is 2.60. The maximum atomic E-state index is 5.28. The number of rotatable bonds is 3. The first kappa shape index (κ1) is 12.4. The monoisotopic (exact) mass is 234 g/mol. The summed E-state index contributed by atoms with van der Waals surface area (Å²) in [7, 11) is 3.91. The Labute approximate surface area is 104 Å². The molecule has 1 aromatic rings. The maximum absolute atomic E-state index is 5.28. The molecule has 1 aliphatic heterocycles. The smallest absolute Gasteiger partial charge is 0.121 e. The molecule has 1 saturated heterocycles. The Morgan fingerprint density at radius 2 is 2.29 bits per heavy atom. The summed E-state index contributed by atoms with van der Waals surface area (Å²) in [6, 6.07) is 7.04. The zero-order chi connectivity index (χ0) is 12.3. The highest BCUT2D eigenvalue weighted by atomic mass is 16.5. The molecule has 1 atom stereocenters. The average molecular weight is 234 g/mol. The second kappa shape index (κ2) is 5.52. The molecule has 0 spiro atoms. The number of likely N-dealkylation sites (N-methyl/N-ethyl adjacent to an activating group) is 1. The summed E-state index contributed by atoms with van der Waals surface area (Å²) < 4.78 is 5.28. The minimum atomic E-state index is 0.571. The Morgan fingerprint density at radius 3 is 2.94 bits per heavy atom. The molecule has 1 N–H and O–H groups in total. The van der Waals surface area contributed by atoms with Crippen molar-refractivity contribution in [3.8, 4) is 5.75 Å².